The van der Waals surface area contributed by atoms with Gasteiger partial charge in [0.2, 0.25) is 0 Å². The zero-order valence-corrected chi connectivity index (χ0v) is 16.7. The van der Waals surface area contributed by atoms with Gasteiger partial charge in [0.1, 0.15) is 5.82 Å². The molecular formula is C19H18Cl2N6O. The second kappa shape index (κ2) is 7.77. The summed E-state index contributed by atoms with van der Waals surface area (Å²) in [4.78, 5) is 20.8. The topological polar surface area (TPSA) is 67.2 Å². The van der Waals surface area contributed by atoms with Crippen LogP contribution >= 0.6 is 23.2 Å². The standard InChI is InChI=1S/C19H18Cl2N6O/c1-13-22-4-5-27(13)18-3-2-17(23-24-18)25-6-8-26(9-7-25)19(28)14-10-15(20)12-16(21)11-14/h2-5,10-12H,6-9H2,1H3. The summed E-state index contributed by atoms with van der Waals surface area (Å²) in [5.41, 5.74) is 0.505. The van der Waals surface area contributed by atoms with Gasteiger partial charge in [-0.1, -0.05) is 23.2 Å². The SMILES string of the molecule is Cc1nccn1-c1ccc(N2CCN(C(=O)c3cc(Cl)cc(Cl)c3)CC2)nn1. The molecule has 0 N–H and O–H groups in total. The molecule has 0 aliphatic carbocycles. The Hall–Kier alpha value is -2.64. The molecule has 0 saturated carbocycles. The second-order valence-corrected chi connectivity index (χ2v) is 7.40. The molecule has 9 heteroatoms. The lowest BCUT2D eigenvalue weighted by Crippen LogP contribution is -2.49. The van der Waals surface area contributed by atoms with Crippen LogP contribution in [-0.2, 0) is 0 Å². The van der Waals surface area contributed by atoms with Crippen LogP contribution in [0.1, 0.15) is 16.2 Å². The van der Waals surface area contributed by atoms with Crippen molar-refractivity contribution in [3.8, 4) is 5.82 Å². The average molecular weight is 417 g/mol. The Labute approximate surface area is 172 Å². The van der Waals surface area contributed by atoms with Crippen molar-refractivity contribution in [2.75, 3.05) is 31.1 Å². The van der Waals surface area contributed by atoms with Gasteiger partial charge >= 0.3 is 0 Å². The molecule has 1 amide bonds. The summed E-state index contributed by atoms with van der Waals surface area (Å²) in [6.07, 6.45) is 3.58. The van der Waals surface area contributed by atoms with Gasteiger partial charge in [0.25, 0.3) is 5.91 Å². The predicted octanol–water partition coefficient (Wildman–Crippen LogP) is 3.24. The zero-order chi connectivity index (χ0) is 19.7. The van der Waals surface area contributed by atoms with Gasteiger partial charge in [0, 0.05) is 54.2 Å². The fourth-order valence-corrected chi connectivity index (χ4v) is 3.76. The number of carbonyl (C=O) groups is 1. The predicted molar refractivity (Wildman–Crippen MR) is 108 cm³/mol. The van der Waals surface area contributed by atoms with Crippen molar-refractivity contribution in [1.82, 2.24) is 24.6 Å². The van der Waals surface area contributed by atoms with Crippen molar-refractivity contribution in [3.05, 3.63) is 64.2 Å². The first kappa shape index (κ1) is 18.7. The Bertz CT molecular complexity index is 976. The first-order valence-electron chi connectivity index (χ1n) is 8.85. The number of anilines is 1. The van der Waals surface area contributed by atoms with Gasteiger partial charge in [-0.05, 0) is 37.3 Å². The Morgan fingerprint density at radius 1 is 0.964 bits per heavy atom. The monoisotopic (exact) mass is 416 g/mol. The first-order chi connectivity index (χ1) is 13.5. The van der Waals surface area contributed by atoms with Crippen LogP contribution in [0.3, 0.4) is 0 Å². The highest BCUT2D eigenvalue weighted by Crippen LogP contribution is 2.21. The molecule has 0 spiro atoms. The van der Waals surface area contributed by atoms with Crippen molar-refractivity contribution in [2.45, 2.75) is 6.92 Å². The van der Waals surface area contributed by atoms with Crippen LogP contribution in [0.25, 0.3) is 5.82 Å². The summed E-state index contributed by atoms with van der Waals surface area (Å²) in [6, 6.07) is 8.76. The highest BCUT2D eigenvalue weighted by molar-refractivity contribution is 6.35. The summed E-state index contributed by atoms with van der Waals surface area (Å²) in [5, 5.41) is 9.55. The molecule has 1 saturated heterocycles. The van der Waals surface area contributed by atoms with E-state index in [1.54, 1.807) is 29.3 Å². The number of rotatable bonds is 3. The van der Waals surface area contributed by atoms with E-state index >= 15 is 0 Å². The molecule has 0 bridgehead atoms. The molecular weight excluding hydrogens is 399 g/mol. The number of aryl methyl sites for hydroxylation is 1. The Morgan fingerprint density at radius 3 is 2.18 bits per heavy atom. The van der Waals surface area contributed by atoms with E-state index in [-0.39, 0.29) is 5.91 Å². The number of nitrogens with zero attached hydrogens (tertiary/aromatic N) is 6. The highest BCUT2D eigenvalue weighted by Gasteiger charge is 2.23. The minimum atomic E-state index is -0.0685. The number of piperazine rings is 1. The quantitative estimate of drug-likeness (QED) is 0.655. The smallest absolute Gasteiger partial charge is 0.254 e. The maximum Gasteiger partial charge on any atom is 0.254 e. The number of hydrogen-bond donors (Lipinski definition) is 0. The van der Waals surface area contributed by atoms with E-state index in [2.05, 4.69) is 20.1 Å². The maximum atomic E-state index is 12.7. The van der Waals surface area contributed by atoms with Gasteiger partial charge < -0.3 is 9.80 Å². The lowest BCUT2D eigenvalue weighted by molar-refractivity contribution is 0.0746. The van der Waals surface area contributed by atoms with E-state index in [0.717, 1.165) is 17.5 Å². The van der Waals surface area contributed by atoms with E-state index < -0.39 is 0 Å². The minimum Gasteiger partial charge on any atom is -0.352 e. The van der Waals surface area contributed by atoms with Gasteiger partial charge in [0.05, 0.1) is 0 Å². The minimum absolute atomic E-state index is 0.0685. The molecule has 4 rings (SSSR count). The number of carbonyl (C=O) groups excluding carboxylic acids is 1. The van der Waals surface area contributed by atoms with Crippen molar-refractivity contribution in [2.24, 2.45) is 0 Å². The number of halogens is 2. The second-order valence-electron chi connectivity index (χ2n) is 6.53. The van der Waals surface area contributed by atoms with Crippen molar-refractivity contribution < 1.29 is 4.79 Å². The summed E-state index contributed by atoms with van der Waals surface area (Å²) >= 11 is 12.0. The summed E-state index contributed by atoms with van der Waals surface area (Å²) in [6.45, 7) is 4.45. The van der Waals surface area contributed by atoms with Crippen molar-refractivity contribution in [1.29, 1.82) is 0 Å². The van der Waals surface area contributed by atoms with Crippen LogP contribution in [-0.4, -0.2) is 56.7 Å². The van der Waals surface area contributed by atoms with Gasteiger partial charge in [0.15, 0.2) is 11.6 Å². The van der Waals surface area contributed by atoms with E-state index in [1.807, 2.05) is 29.8 Å². The van der Waals surface area contributed by atoms with E-state index in [4.69, 9.17) is 23.2 Å². The lowest BCUT2D eigenvalue weighted by atomic mass is 10.2. The fraction of sp³-hybridized carbons (Fsp3) is 0.263. The lowest BCUT2D eigenvalue weighted by Gasteiger charge is -2.35. The molecule has 0 unspecified atom stereocenters. The maximum absolute atomic E-state index is 12.7. The molecule has 1 fully saturated rings. The van der Waals surface area contributed by atoms with Crippen LogP contribution < -0.4 is 4.90 Å². The first-order valence-corrected chi connectivity index (χ1v) is 9.61. The van der Waals surface area contributed by atoms with E-state index in [1.165, 1.54) is 0 Å². The molecule has 1 aliphatic rings. The normalized spacial score (nSPS) is 14.4. The van der Waals surface area contributed by atoms with E-state index in [0.29, 0.717) is 41.8 Å². The molecule has 28 heavy (non-hydrogen) atoms. The number of amides is 1. The summed E-state index contributed by atoms with van der Waals surface area (Å²) in [7, 11) is 0. The molecule has 1 aliphatic heterocycles. The Balaban J connectivity index is 1.41. The van der Waals surface area contributed by atoms with Crippen LogP contribution in [0.4, 0.5) is 5.82 Å². The van der Waals surface area contributed by atoms with Crippen molar-refractivity contribution in [3.63, 3.8) is 0 Å². The van der Waals surface area contributed by atoms with Gasteiger partial charge in [-0.15, -0.1) is 10.2 Å². The van der Waals surface area contributed by atoms with Gasteiger partial charge in [-0.3, -0.25) is 9.36 Å². The number of hydrogen-bond acceptors (Lipinski definition) is 5. The van der Waals surface area contributed by atoms with E-state index in [9.17, 15) is 4.79 Å². The third kappa shape index (κ3) is 3.81. The molecule has 144 valence electrons. The molecule has 1 aromatic carbocycles. The number of aromatic nitrogens is 4. The molecule has 3 heterocycles. The van der Waals surface area contributed by atoms with Gasteiger partial charge in [-0.2, -0.15) is 0 Å². The Morgan fingerprint density at radius 2 is 1.61 bits per heavy atom. The van der Waals surface area contributed by atoms with Crippen LogP contribution in [0.15, 0.2) is 42.7 Å². The molecule has 7 nitrogen and oxygen atoms in total. The van der Waals surface area contributed by atoms with Crippen LogP contribution in [0.2, 0.25) is 10.0 Å². The number of imidazole rings is 1. The molecule has 3 aromatic rings. The van der Waals surface area contributed by atoms with Crippen LogP contribution in [0.5, 0.6) is 0 Å². The highest BCUT2D eigenvalue weighted by atomic mass is 35.5. The molecule has 0 radical (unpaired) electrons. The molecule has 2 aromatic heterocycles. The molecule has 0 atom stereocenters. The third-order valence-corrected chi connectivity index (χ3v) is 5.15. The van der Waals surface area contributed by atoms with Crippen LogP contribution in [0, 0.1) is 6.92 Å². The largest absolute Gasteiger partial charge is 0.352 e. The summed E-state index contributed by atoms with van der Waals surface area (Å²) < 4.78 is 1.88. The fourth-order valence-electron chi connectivity index (χ4n) is 3.23. The number of benzene rings is 1. The average Bonchev–Trinajstić information content (AvgIpc) is 3.13. The zero-order valence-electron chi connectivity index (χ0n) is 15.2. The third-order valence-electron chi connectivity index (χ3n) is 4.71. The van der Waals surface area contributed by atoms with Gasteiger partial charge in [-0.25, -0.2) is 4.98 Å². The Kier molecular flexibility index (Phi) is 5.19. The summed E-state index contributed by atoms with van der Waals surface area (Å²) in [5.74, 6) is 2.31. The van der Waals surface area contributed by atoms with Crippen molar-refractivity contribution >= 4 is 34.9 Å².